The fourth-order valence-electron chi connectivity index (χ4n) is 4.92. The molecular formula is C19H34OSi. The fourth-order valence-corrected chi connectivity index (χ4v) is 10.3. The molecule has 0 N–H and O–H groups in total. The zero-order valence-electron chi connectivity index (χ0n) is 15.2. The number of hydrogen-bond acceptors (Lipinski definition) is 1. The van der Waals surface area contributed by atoms with Crippen molar-refractivity contribution in [3.8, 4) is 0 Å². The summed E-state index contributed by atoms with van der Waals surface area (Å²) in [6.45, 7) is 19.0. The second-order valence-electron chi connectivity index (χ2n) is 8.33. The van der Waals surface area contributed by atoms with Gasteiger partial charge in [0.15, 0.2) is 0 Å². The van der Waals surface area contributed by atoms with E-state index in [0.29, 0.717) is 33.9 Å². The van der Waals surface area contributed by atoms with E-state index in [1.807, 2.05) is 0 Å². The van der Waals surface area contributed by atoms with Gasteiger partial charge in [-0.05, 0) is 35.0 Å². The van der Waals surface area contributed by atoms with Gasteiger partial charge in [0, 0.05) is 11.3 Å². The molecule has 0 aliphatic heterocycles. The van der Waals surface area contributed by atoms with Crippen LogP contribution in [0.25, 0.3) is 0 Å². The molecule has 0 aromatic heterocycles. The number of hydrogen-bond donors (Lipinski definition) is 0. The van der Waals surface area contributed by atoms with Crippen LogP contribution in [0.15, 0.2) is 24.0 Å². The van der Waals surface area contributed by atoms with Crippen molar-refractivity contribution in [1.82, 2.24) is 0 Å². The molecule has 1 nitrogen and oxygen atoms in total. The monoisotopic (exact) mass is 306 g/mol. The molecule has 3 atom stereocenters. The van der Waals surface area contributed by atoms with Crippen LogP contribution >= 0.6 is 0 Å². The summed E-state index contributed by atoms with van der Waals surface area (Å²) < 4.78 is 6.99. The van der Waals surface area contributed by atoms with E-state index >= 15 is 0 Å². The Kier molecular flexibility index (Phi) is 4.50. The van der Waals surface area contributed by atoms with Crippen LogP contribution in [0.5, 0.6) is 0 Å². The van der Waals surface area contributed by atoms with Gasteiger partial charge >= 0.3 is 0 Å². The van der Waals surface area contributed by atoms with Crippen molar-refractivity contribution < 1.29 is 4.43 Å². The molecule has 2 rings (SSSR count). The highest BCUT2D eigenvalue weighted by Gasteiger charge is 2.52. The van der Waals surface area contributed by atoms with Crippen LogP contribution in [0.2, 0.25) is 16.6 Å². The predicted molar refractivity (Wildman–Crippen MR) is 94.7 cm³/mol. The topological polar surface area (TPSA) is 9.23 Å². The smallest absolute Gasteiger partial charge is 0.258 e. The van der Waals surface area contributed by atoms with Crippen LogP contribution in [0.1, 0.15) is 61.8 Å². The van der Waals surface area contributed by atoms with Crippen LogP contribution in [0.4, 0.5) is 0 Å². The molecule has 0 saturated heterocycles. The van der Waals surface area contributed by atoms with Gasteiger partial charge < -0.3 is 4.43 Å². The van der Waals surface area contributed by atoms with Crippen molar-refractivity contribution in [3.05, 3.63) is 24.0 Å². The van der Waals surface area contributed by atoms with Gasteiger partial charge in [0.05, 0.1) is 5.76 Å². The second kappa shape index (κ2) is 5.61. The summed E-state index contributed by atoms with van der Waals surface area (Å²) in [5, 5.41) is 0. The van der Waals surface area contributed by atoms with E-state index in [1.54, 1.807) is 0 Å². The zero-order chi connectivity index (χ0) is 16.0. The van der Waals surface area contributed by atoms with Gasteiger partial charge in [-0.3, -0.25) is 0 Å². The standard InChI is InChI=1S/C19H34OSi/c1-13(2)21(14(3)4,15(5)6)20-18-12-16(7)19(8)11-9-10-17(18)19/h9,11-17H,10H2,1-8H3/t16-,17+,19-/m1/s1. The lowest BCUT2D eigenvalue weighted by Crippen LogP contribution is -2.48. The van der Waals surface area contributed by atoms with Crippen molar-refractivity contribution in [3.63, 3.8) is 0 Å². The van der Waals surface area contributed by atoms with E-state index in [0.717, 1.165) is 6.42 Å². The molecule has 120 valence electrons. The van der Waals surface area contributed by atoms with Gasteiger partial charge in [-0.25, -0.2) is 0 Å². The van der Waals surface area contributed by atoms with Crippen molar-refractivity contribution in [1.29, 1.82) is 0 Å². The number of fused-ring (bicyclic) bond motifs is 1. The normalized spacial score (nSPS) is 32.2. The minimum atomic E-state index is -1.81. The van der Waals surface area contributed by atoms with Gasteiger partial charge in [0.2, 0.25) is 0 Å². The molecule has 0 fully saturated rings. The Labute approximate surface area is 133 Å². The number of allylic oxidation sites excluding steroid dienone is 4. The van der Waals surface area contributed by atoms with Gasteiger partial charge in [-0.15, -0.1) is 0 Å². The summed E-state index contributed by atoms with van der Waals surface area (Å²) in [6, 6.07) is 0. The molecule has 0 unspecified atom stereocenters. The molecule has 2 aliphatic carbocycles. The second-order valence-corrected chi connectivity index (χ2v) is 13.7. The molecule has 0 saturated carbocycles. The van der Waals surface area contributed by atoms with E-state index in [1.165, 1.54) is 5.76 Å². The molecule has 0 bridgehead atoms. The average molecular weight is 307 g/mol. The molecule has 0 amide bonds. The summed E-state index contributed by atoms with van der Waals surface area (Å²) in [6.07, 6.45) is 8.38. The van der Waals surface area contributed by atoms with Crippen LogP contribution in [0, 0.1) is 17.3 Å². The van der Waals surface area contributed by atoms with Crippen molar-refractivity contribution >= 4 is 8.32 Å². The average Bonchev–Trinajstić information content (AvgIpc) is 2.84. The Hall–Kier alpha value is -0.503. The summed E-state index contributed by atoms with van der Waals surface area (Å²) >= 11 is 0. The Balaban J connectivity index is 2.33. The van der Waals surface area contributed by atoms with E-state index in [2.05, 4.69) is 73.6 Å². The summed E-state index contributed by atoms with van der Waals surface area (Å²) in [4.78, 5) is 0. The minimum absolute atomic E-state index is 0.292. The maximum absolute atomic E-state index is 6.99. The van der Waals surface area contributed by atoms with Gasteiger partial charge in [-0.2, -0.15) is 0 Å². The Morgan fingerprint density at radius 3 is 2.10 bits per heavy atom. The van der Waals surface area contributed by atoms with Crippen molar-refractivity contribution in [2.45, 2.75) is 78.4 Å². The summed E-state index contributed by atoms with van der Waals surface area (Å²) in [5.41, 5.74) is 2.24. The minimum Gasteiger partial charge on any atom is -0.546 e. The predicted octanol–water partition coefficient (Wildman–Crippen LogP) is 6.29. The van der Waals surface area contributed by atoms with Gasteiger partial charge in [0.25, 0.3) is 8.32 Å². The lowest BCUT2D eigenvalue weighted by molar-refractivity contribution is 0.225. The third-order valence-electron chi connectivity index (χ3n) is 6.34. The Bertz CT molecular complexity index is 425. The SMILES string of the molecule is CC(C)[Si](OC1=C[C@@H](C)[C@@]2(C)C=CC[C@@H]12)(C(C)C)C(C)C. The molecule has 0 spiro atoms. The van der Waals surface area contributed by atoms with Crippen LogP contribution in [-0.2, 0) is 4.43 Å². The highest BCUT2D eigenvalue weighted by Crippen LogP contribution is 2.55. The van der Waals surface area contributed by atoms with E-state index in [9.17, 15) is 0 Å². The Morgan fingerprint density at radius 1 is 1.10 bits per heavy atom. The fraction of sp³-hybridized carbons (Fsp3) is 0.789. The van der Waals surface area contributed by atoms with E-state index in [-0.39, 0.29) is 0 Å². The molecule has 2 aliphatic rings. The first kappa shape index (κ1) is 16.9. The molecule has 0 aromatic rings. The molecule has 0 aromatic carbocycles. The van der Waals surface area contributed by atoms with Crippen LogP contribution < -0.4 is 0 Å². The third kappa shape index (κ3) is 2.44. The van der Waals surface area contributed by atoms with Crippen molar-refractivity contribution in [2.24, 2.45) is 17.3 Å². The van der Waals surface area contributed by atoms with E-state index in [4.69, 9.17) is 4.43 Å². The summed E-state index contributed by atoms with van der Waals surface area (Å²) in [5.74, 6) is 2.49. The first-order valence-corrected chi connectivity index (χ1v) is 10.9. The van der Waals surface area contributed by atoms with Gasteiger partial charge in [-0.1, -0.05) is 67.5 Å². The Morgan fingerprint density at radius 2 is 1.62 bits per heavy atom. The van der Waals surface area contributed by atoms with E-state index < -0.39 is 8.32 Å². The zero-order valence-corrected chi connectivity index (χ0v) is 16.2. The molecular weight excluding hydrogens is 272 g/mol. The van der Waals surface area contributed by atoms with Crippen LogP contribution in [-0.4, -0.2) is 8.32 Å². The van der Waals surface area contributed by atoms with Gasteiger partial charge in [0.1, 0.15) is 0 Å². The molecule has 2 heteroatoms. The lowest BCUT2D eigenvalue weighted by atomic mass is 9.76. The van der Waals surface area contributed by atoms with Crippen LogP contribution in [0.3, 0.4) is 0 Å². The highest BCUT2D eigenvalue weighted by atomic mass is 28.4. The number of rotatable bonds is 5. The highest BCUT2D eigenvalue weighted by molar-refractivity contribution is 6.77. The first-order valence-electron chi connectivity index (χ1n) is 8.74. The van der Waals surface area contributed by atoms with Crippen molar-refractivity contribution in [2.75, 3.05) is 0 Å². The maximum atomic E-state index is 6.99. The molecule has 21 heavy (non-hydrogen) atoms. The quantitative estimate of drug-likeness (QED) is 0.428. The first-order chi connectivity index (χ1) is 9.66. The molecule has 0 radical (unpaired) electrons. The largest absolute Gasteiger partial charge is 0.546 e. The third-order valence-corrected chi connectivity index (χ3v) is 12.3. The maximum Gasteiger partial charge on any atom is 0.258 e. The summed E-state index contributed by atoms with van der Waals surface area (Å²) in [7, 11) is -1.81. The lowest BCUT2D eigenvalue weighted by Gasteiger charge is -2.44. The molecule has 0 heterocycles.